The Morgan fingerprint density at radius 3 is 2.89 bits per heavy atom. The SMILES string of the molecule is CC(C)C1CC(=O)N(Cc2nc(N)ccc2Cl)C1. The van der Waals surface area contributed by atoms with Crippen LogP contribution in [0.25, 0.3) is 0 Å². The Labute approximate surface area is 112 Å². The van der Waals surface area contributed by atoms with Crippen molar-refractivity contribution in [2.45, 2.75) is 26.8 Å². The van der Waals surface area contributed by atoms with Crippen LogP contribution >= 0.6 is 11.6 Å². The predicted octanol–water partition coefficient (Wildman–Crippen LogP) is 2.32. The van der Waals surface area contributed by atoms with Crippen LogP contribution in [0.2, 0.25) is 5.02 Å². The van der Waals surface area contributed by atoms with Crippen LogP contribution in [-0.4, -0.2) is 22.3 Å². The molecule has 0 saturated carbocycles. The van der Waals surface area contributed by atoms with Gasteiger partial charge in [0.15, 0.2) is 0 Å². The Kier molecular flexibility index (Phi) is 3.76. The van der Waals surface area contributed by atoms with E-state index in [1.165, 1.54) is 0 Å². The Morgan fingerprint density at radius 1 is 1.56 bits per heavy atom. The molecular weight excluding hydrogens is 250 g/mol. The van der Waals surface area contributed by atoms with Gasteiger partial charge in [-0.3, -0.25) is 4.79 Å². The molecule has 0 aliphatic carbocycles. The maximum absolute atomic E-state index is 11.9. The molecule has 2 heterocycles. The van der Waals surface area contributed by atoms with Crippen LogP contribution in [-0.2, 0) is 11.3 Å². The maximum Gasteiger partial charge on any atom is 0.223 e. The number of nitrogens with zero attached hydrogens (tertiary/aromatic N) is 2. The van der Waals surface area contributed by atoms with Gasteiger partial charge in [-0.1, -0.05) is 25.4 Å². The van der Waals surface area contributed by atoms with Crippen LogP contribution in [0.4, 0.5) is 5.82 Å². The van der Waals surface area contributed by atoms with Gasteiger partial charge >= 0.3 is 0 Å². The third-order valence-electron chi connectivity index (χ3n) is 3.47. The molecule has 4 nitrogen and oxygen atoms in total. The number of amides is 1. The number of carbonyl (C=O) groups excluding carboxylic acids is 1. The smallest absolute Gasteiger partial charge is 0.223 e. The summed E-state index contributed by atoms with van der Waals surface area (Å²) in [5.41, 5.74) is 6.31. The highest BCUT2D eigenvalue weighted by atomic mass is 35.5. The van der Waals surface area contributed by atoms with E-state index in [1.54, 1.807) is 12.1 Å². The van der Waals surface area contributed by atoms with Gasteiger partial charge in [0.1, 0.15) is 5.82 Å². The summed E-state index contributed by atoms with van der Waals surface area (Å²) in [5, 5.41) is 0.560. The number of halogens is 1. The zero-order valence-electron chi connectivity index (χ0n) is 10.7. The highest BCUT2D eigenvalue weighted by Crippen LogP contribution is 2.27. The molecule has 1 aliphatic rings. The summed E-state index contributed by atoms with van der Waals surface area (Å²) in [7, 11) is 0. The molecule has 0 radical (unpaired) electrons. The summed E-state index contributed by atoms with van der Waals surface area (Å²) in [6.07, 6.45) is 0.623. The lowest BCUT2D eigenvalue weighted by Gasteiger charge is -2.18. The number of nitrogens with two attached hydrogens (primary N) is 1. The second-order valence-electron chi connectivity index (χ2n) is 5.15. The largest absolute Gasteiger partial charge is 0.384 e. The van der Waals surface area contributed by atoms with Crippen molar-refractivity contribution in [3.05, 3.63) is 22.8 Å². The number of nitrogen functional groups attached to an aromatic ring is 1. The first-order valence-electron chi connectivity index (χ1n) is 6.16. The molecule has 2 N–H and O–H groups in total. The number of likely N-dealkylation sites (tertiary alicyclic amines) is 1. The number of carbonyl (C=O) groups is 1. The molecule has 1 aliphatic heterocycles. The number of rotatable bonds is 3. The van der Waals surface area contributed by atoms with E-state index in [4.69, 9.17) is 17.3 Å². The average Bonchev–Trinajstić information content (AvgIpc) is 2.66. The lowest BCUT2D eigenvalue weighted by molar-refractivity contribution is -0.128. The van der Waals surface area contributed by atoms with E-state index in [0.717, 1.165) is 6.54 Å². The fraction of sp³-hybridized carbons (Fsp3) is 0.538. The molecule has 1 fully saturated rings. The second kappa shape index (κ2) is 5.14. The normalized spacial score (nSPS) is 19.9. The predicted molar refractivity (Wildman–Crippen MR) is 72.0 cm³/mol. The molecule has 1 aromatic heterocycles. The van der Waals surface area contributed by atoms with E-state index in [-0.39, 0.29) is 5.91 Å². The van der Waals surface area contributed by atoms with E-state index in [1.807, 2.05) is 4.90 Å². The second-order valence-corrected chi connectivity index (χ2v) is 5.55. The van der Waals surface area contributed by atoms with Crippen molar-refractivity contribution < 1.29 is 4.79 Å². The Morgan fingerprint density at radius 2 is 2.28 bits per heavy atom. The number of anilines is 1. The Balaban J connectivity index is 2.10. The topological polar surface area (TPSA) is 59.2 Å². The molecule has 5 heteroatoms. The summed E-state index contributed by atoms with van der Waals surface area (Å²) in [6, 6.07) is 3.38. The van der Waals surface area contributed by atoms with Gasteiger partial charge in [-0.25, -0.2) is 4.98 Å². The molecule has 1 saturated heterocycles. The molecule has 98 valence electrons. The van der Waals surface area contributed by atoms with E-state index in [9.17, 15) is 4.79 Å². The van der Waals surface area contributed by atoms with Gasteiger partial charge in [-0.05, 0) is 24.0 Å². The fourth-order valence-corrected chi connectivity index (χ4v) is 2.36. The molecule has 0 aromatic carbocycles. The van der Waals surface area contributed by atoms with Gasteiger partial charge in [-0.2, -0.15) is 0 Å². The molecule has 18 heavy (non-hydrogen) atoms. The third kappa shape index (κ3) is 2.75. The van der Waals surface area contributed by atoms with Crippen molar-refractivity contribution in [3.8, 4) is 0 Å². The van der Waals surface area contributed by atoms with Crippen molar-refractivity contribution in [3.63, 3.8) is 0 Å². The first-order chi connectivity index (χ1) is 8.47. The minimum Gasteiger partial charge on any atom is -0.384 e. The first kappa shape index (κ1) is 13.1. The highest BCUT2D eigenvalue weighted by molar-refractivity contribution is 6.31. The van der Waals surface area contributed by atoms with Gasteiger partial charge in [0.2, 0.25) is 5.91 Å². The molecule has 2 rings (SSSR count). The number of hydrogen-bond acceptors (Lipinski definition) is 3. The average molecular weight is 268 g/mol. The molecular formula is C13H18ClN3O. The summed E-state index contributed by atoms with van der Waals surface area (Å²) in [4.78, 5) is 17.9. The summed E-state index contributed by atoms with van der Waals surface area (Å²) in [6.45, 7) is 5.52. The minimum atomic E-state index is 0.175. The summed E-state index contributed by atoms with van der Waals surface area (Å²) >= 11 is 6.07. The minimum absolute atomic E-state index is 0.175. The molecule has 1 unspecified atom stereocenters. The van der Waals surface area contributed by atoms with Crippen molar-refractivity contribution >= 4 is 23.3 Å². The molecule has 1 amide bonds. The van der Waals surface area contributed by atoms with Crippen LogP contribution in [0.5, 0.6) is 0 Å². The number of aromatic nitrogens is 1. The molecule has 0 bridgehead atoms. The van der Waals surface area contributed by atoms with Gasteiger partial charge in [0, 0.05) is 13.0 Å². The van der Waals surface area contributed by atoms with Gasteiger partial charge in [0.25, 0.3) is 0 Å². The van der Waals surface area contributed by atoms with Crippen LogP contribution < -0.4 is 5.73 Å². The van der Waals surface area contributed by atoms with Crippen LogP contribution in [0.1, 0.15) is 26.0 Å². The van der Waals surface area contributed by atoms with E-state index < -0.39 is 0 Å². The standard InChI is InChI=1S/C13H18ClN3O/c1-8(2)9-5-13(18)17(6-9)7-11-10(14)3-4-12(15)16-11/h3-4,8-9H,5-7H2,1-2H3,(H2,15,16). The number of hydrogen-bond donors (Lipinski definition) is 1. The first-order valence-corrected chi connectivity index (χ1v) is 6.54. The lowest BCUT2D eigenvalue weighted by Crippen LogP contribution is -2.26. The van der Waals surface area contributed by atoms with Crippen LogP contribution in [0, 0.1) is 11.8 Å². The highest BCUT2D eigenvalue weighted by Gasteiger charge is 2.31. The maximum atomic E-state index is 11.9. The molecule has 1 aromatic rings. The Hall–Kier alpha value is -1.29. The van der Waals surface area contributed by atoms with Crippen molar-refractivity contribution in [2.24, 2.45) is 11.8 Å². The van der Waals surface area contributed by atoms with E-state index in [2.05, 4.69) is 18.8 Å². The summed E-state index contributed by atoms with van der Waals surface area (Å²) in [5.74, 6) is 1.55. The molecule has 1 atom stereocenters. The van der Waals surface area contributed by atoms with Crippen molar-refractivity contribution in [1.29, 1.82) is 0 Å². The van der Waals surface area contributed by atoms with Crippen LogP contribution in [0.3, 0.4) is 0 Å². The van der Waals surface area contributed by atoms with Gasteiger partial charge < -0.3 is 10.6 Å². The van der Waals surface area contributed by atoms with E-state index >= 15 is 0 Å². The zero-order valence-corrected chi connectivity index (χ0v) is 11.4. The van der Waals surface area contributed by atoms with E-state index in [0.29, 0.717) is 41.3 Å². The molecule has 0 spiro atoms. The third-order valence-corrected chi connectivity index (χ3v) is 3.81. The quantitative estimate of drug-likeness (QED) is 0.914. The fourth-order valence-electron chi connectivity index (χ4n) is 2.19. The summed E-state index contributed by atoms with van der Waals surface area (Å²) < 4.78 is 0. The van der Waals surface area contributed by atoms with Gasteiger partial charge in [0.05, 0.1) is 17.3 Å². The Bertz CT molecular complexity index is 462. The zero-order chi connectivity index (χ0) is 13.3. The number of pyridine rings is 1. The lowest BCUT2D eigenvalue weighted by atomic mass is 9.95. The monoisotopic (exact) mass is 267 g/mol. The van der Waals surface area contributed by atoms with Crippen LogP contribution in [0.15, 0.2) is 12.1 Å². The van der Waals surface area contributed by atoms with Crippen molar-refractivity contribution in [2.75, 3.05) is 12.3 Å². The van der Waals surface area contributed by atoms with Gasteiger partial charge in [-0.15, -0.1) is 0 Å². The van der Waals surface area contributed by atoms with Crippen molar-refractivity contribution in [1.82, 2.24) is 9.88 Å².